The average Bonchev–Trinajstić information content (AvgIpc) is 3.44. The number of carbonyl (C=O) groups excluding carboxylic acids is 1. The molecule has 1 unspecified atom stereocenters. The topological polar surface area (TPSA) is 93.6 Å². The fourth-order valence-electron chi connectivity index (χ4n) is 4.90. The summed E-state index contributed by atoms with van der Waals surface area (Å²) in [6, 6.07) is 6.54. The summed E-state index contributed by atoms with van der Waals surface area (Å²) in [5, 5.41) is 15.6. The number of rotatable bonds is 5. The maximum Gasteiger partial charge on any atom is 0.222 e. The molecule has 1 saturated heterocycles. The maximum atomic E-state index is 11.5. The number of hydrogen-bond donors (Lipinski definition) is 3. The van der Waals surface area contributed by atoms with Crippen molar-refractivity contribution in [2.24, 2.45) is 0 Å². The number of pyridine rings is 2. The number of hydrogen-bond acceptors (Lipinski definition) is 7. The molecular weight excluding hydrogens is 392 g/mol. The highest BCUT2D eigenvalue weighted by Crippen LogP contribution is 2.58. The minimum atomic E-state index is -0.120. The molecule has 8 nitrogen and oxygen atoms in total. The second kappa shape index (κ2) is 7.76. The van der Waals surface area contributed by atoms with E-state index in [-0.39, 0.29) is 24.0 Å². The highest BCUT2D eigenvalue weighted by atomic mass is 16.3. The van der Waals surface area contributed by atoms with Gasteiger partial charge in [-0.1, -0.05) is 0 Å². The number of piperazine rings is 1. The van der Waals surface area contributed by atoms with Gasteiger partial charge in [0.25, 0.3) is 0 Å². The zero-order chi connectivity index (χ0) is 21.6. The van der Waals surface area contributed by atoms with Crippen molar-refractivity contribution < 1.29 is 9.90 Å². The molecule has 2 aromatic heterocycles. The molecule has 0 aromatic carbocycles. The fourth-order valence-corrected chi connectivity index (χ4v) is 4.90. The molecule has 2 aliphatic heterocycles. The number of anilines is 4. The third-order valence-electron chi connectivity index (χ3n) is 6.64. The first-order chi connectivity index (χ1) is 15.0. The lowest BCUT2D eigenvalue weighted by Crippen LogP contribution is -2.51. The van der Waals surface area contributed by atoms with Crippen molar-refractivity contribution in [3.05, 3.63) is 35.5 Å². The van der Waals surface area contributed by atoms with Crippen LogP contribution in [0.3, 0.4) is 0 Å². The third-order valence-corrected chi connectivity index (χ3v) is 6.64. The van der Waals surface area contributed by atoms with Crippen LogP contribution < -0.4 is 20.4 Å². The van der Waals surface area contributed by atoms with E-state index < -0.39 is 0 Å². The Balaban J connectivity index is 1.48. The van der Waals surface area contributed by atoms with Gasteiger partial charge in [0.05, 0.1) is 5.69 Å². The number of nitrogens with zero attached hydrogens (tertiary/aromatic N) is 4. The molecule has 8 heteroatoms. The van der Waals surface area contributed by atoms with E-state index in [2.05, 4.69) is 44.5 Å². The van der Waals surface area contributed by atoms with Gasteiger partial charge >= 0.3 is 0 Å². The second-order valence-electron chi connectivity index (χ2n) is 9.10. The molecule has 0 bridgehead atoms. The molecule has 1 spiro atoms. The van der Waals surface area contributed by atoms with Gasteiger partial charge in [-0.2, -0.15) is 0 Å². The first-order valence-electron chi connectivity index (χ1n) is 11.1. The van der Waals surface area contributed by atoms with Crippen LogP contribution in [0, 0.1) is 6.92 Å². The largest absolute Gasteiger partial charge is 0.396 e. The summed E-state index contributed by atoms with van der Waals surface area (Å²) >= 11 is 0. The van der Waals surface area contributed by atoms with Crippen LogP contribution in [0.15, 0.2) is 24.4 Å². The molecule has 2 aromatic rings. The van der Waals surface area contributed by atoms with Gasteiger partial charge in [0, 0.05) is 69.0 Å². The first kappa shape index (κ1) is 20.2. The van der Waals surface area contributed by atoms with Gasteiger partial charge < -0.3 is 25.5 Å². The van der Waals surface area contributed by atoms with E-state index in [9.17, 15) is 9.90 Å². The predicted molar refractivity (Wildman–Crippen MR) is 121 cm³/mol. The van der Waals surface area contributed by atoms with Crippen molar-refractivity contribution in [2.75, 3.05) is 47.9 Å². The van der Waals surface area contributed by atoms with Gasteiger partial charge in [-0.15, -0.1) is 0 Å². The molecule has 1 atom stereocenters. The molecule has 164 valence electrons. The summed E-state index contributed by atoms with van der Waals surface area (Å²) in [5.74, 6) is 2.38. The van der Waals surface area contributed by atoms with E-state index in [0.29, 0.717) is 5.82 Å². The number of aliphatic hydroxyl groups is 1. The lowest BCUT2D eigenvalue weighted by Gasteiger charge is -2.35. The number of amides is 1. The Kier molecular flexibility index (Phi) is 5.06. The maximum absolute atomic E-state index is 11.5. The number of carbonyl (C=O) groups is 1. The molecule has 3 N–H and O–H groups in total. The number of nitrogens with one attached hydrogen (secondary N) is 2. The Bertz CT molecular complexity index is 1000. The van der Waals surface area contributed by atoms with Crippen LogP contribution in [0.25, 0.3) is 0 Å². The van der Waals surface area contributed by atoms with Crippen LogP contribution in [0.1, 0.15) is 37.3 Å². The molecule has 2 fully saturated rings. The molecule has 4 heterocycles. The minimum absolute atomic E-state index is 0.120. The molecule has 1 amide bonds. The third kappa shape index (κ3) is 3.85. The Morgan fingerprint density at radius 1 is 1.32 bits per heavy atom. The van der Waals surface area contributed by atoms with Crippen molar-refractivity contribution in [1.82, 2.24) is 15.3 Å². The summed E-state index contributed by atoms with van der Waals surface area (Å²) in [6.07, 6.45) is 5.00. The van der Waals surface area contributed by atoms with E-state index in [1.165, 1.54) is 18.1 Å². The van der Waals surface area contributed by atoms with Crippen LogP contribution in [0.4, 0.5) is 23.1 Å². The molecule has 3 aliphatic rings. The standard InChI is InChI=1S/C23H30N6O2/c1-15-9-21(28-7-6-24-17(13-28)3-8-30)27-22(10-15)29-14-23(4-5-23)18-12-25-20(11-19(18)29)26-16(2)31/h9-12,17,24,30H,3-8,13-14H2,1-2H3,(H,25,26,31). The van der Waals surface area contributed by atoms with Crippen molar-refractivity contribution in [3.8, 4) is 0 Å². The lowest BCUT2D eigenvalue weighted by molar-refractivity contribution is -0.114. The molecule has 0 radical (unpaired) electrons. The molecule has 1 aliphatic carbocycles. The van der Waals surface area contributed by atoms with Crippen molar-refractivity contribution in [3.63, 3.8) is 0 Å². The zero-order valence-corrected chi connectivity index (χ0v) is 18.2. The summed E-state index contributed by atoms with van der Waals surface area (Å²) in [4.78, 5) is 25.7. The van der Waals surface area contributed by atoms with Gasteiger partial charge in [-0.25, -0.2) is 9.97 Å². The monoisotopic (exact) mass is 422 g/mol. The summed E-state index contributed by atoms with van der Waals surface area (Å²) < 4.78 is 0. The van der Waals surface area contributed by atoms with Gasteiger partial charge in [0.15, 0.2) is 0 Å². The lowest BCUT2D eigenvalue weighted by atomic mass is 10.0. The molecule has 31 heavy (non-hydrogen) atoms. The Morgan fingerprint density at radius 2 is 2.13 bits per heavy atom. The SMILES string of the molecule is CC(=O)Nc1cc2c(cn1)C1(CC1)CN2c1cc(C)cc(N2CCNC(CCO)C2)n1. The Morgan fingerprint density at radius 3 is 2.87 bits per heavy atom. The summed E-state index contributed by atoms with van der Waals surface area (Å²) in [7, 11) is 0. The van der Waals surface area contributed by atoms with Crippen LogP contribution in [-0.2, 0) is 10.2 Å². The number of fused-ring (bicyclic) bond motifs is 2. The number of aryl methyl sites for hydroxylation is 1. The highest BCUT2D eigenvalue weighted by molar-refractivity contribution is 5.89. The van der Waals surface area contributed by atoms with Crippen LogP contribution >= 0.6 is 0 Å². The Labute approximate surface area is 182 Å². The van der Waals surface area contributed by atoms with Crippen molar-refractivity contribution in [2.45, 2.75) is 44.6 Å². The summed E-state index contributed by atoms with van der Waals surface area (Å²) in [6.45, 7) is 7.33. The van der Waals surface area contributed by atoms with Crippen molar-refractivity contribution >= 4 is 29.0 Å². The summed E-state index contributed by atoms with van der Waals surface area (Å²) in [5.41, 5.74) is 3.70. The quantitative estimate of drug-likeness (QED) is 0.679. The van der Waals surface area contributed by atoms with Gasteiger partial charge in [-0.3, -0.25) is 4.79 Å². The van der Waals surface area contributed by atoms with Crippen molar-refractivity contribution in [1.29, 1.82) is 0 Å². The van der Waals surface area contributed by atoms with E-state index >= 15 is 0 Å². The first-order valence-corrected chi connectivity index (χ1v) is 11.1. The average molecular weight is 423 g/mol. The van der Waals surface area contributed by atoms with Gasteiger partial charge in [0.2, 0.25) is 5.91 Å². The number of aromatic nitrogens is 2. The van der Waals surface area contributed by atoms with E-state index in [1.807, 2.05) is 12.3 Å². The molecule has 5 rings (SSSR count). The number of aliphatic hydroxyl groups excluding tert-OH is 1. The van der Waals surface area contributed by atoms with E-state index in [1.54, 1.807) is 0 Å². The fraction of sp³-hybridized carbons (Fsp3) is 0.522. The van der Waals surface area contributed by atoms with E-state index in [4.69, 9.17) is 4.98 Å². The van der Waals surface area contributed by atoms with Crippen LogP contribution in [0.2, 0.25) is 0 Å². The highest BCUT2D eigenvalue weighted by Gasteiger charge is 2.52. The zero-order valence-electron chi connectivity index (χ0n) is 18.2. The molecular formula is C23H30N6O2. The molecule has 1 saturated carbocycles. The second-order valence-corrected chi connectivity index (χ2v) is 9.10. The van der Waals surface area contributed by atoms with Gasteiger partial charge in [0.1, 0.15) is 17.5 Å². The van der Waals surface area contributed by atoms with Gasteiger partial charge in [-0.05, 0) is 43.9 Å². The van der Waals surface area contributed by atoms with Crippen LogP contribution in [-0.4, -0.2) is 59.8 Å². The minimum Gasteiger partial charge on any atom is -0.396 e. The van der Waals surface area contributed by atoms with E-state index in [0.717, 1.165) is 62.8 Å². The Hall–Kier alpha value is -2.71. The van der Waals surface area contributed by atoms with Crippen LogP contribution in [0.5, 0.6) is 0 Å². The normalized spacial score (nSPS) is 21.3. The predicted octanol–water partition coefficient (Wildman–Crippen LogP) is 2.09. The smallest absolute Gasteiger partial charge is 0.222 e.